The summed E-state index contributed by atoms with van der Waals surface area (Å²) in [6, 6.07) is 2.67. The number of nitrogens with zero attached hydrogens (tertiary/aromatic N) is 1. The van der Waals surface area contributed by atoms with Crippen molar-refractivity contribution in [3.05, 3.63) is 29.6 Å². The van der Waals surface area contributed by atoms with Gasteiger partial charge in [0.25, 0.3) is 0 Å². The van der Waals surface area contributed by atoms with Crippen molar-refractivity contribution in [1.82, 2.24) is 10.2 Å². The van der Waals surface area contributed by atoms with E-state index < -0.39 is 17.8 Å². The average Bonchev–Trinajstić information content (AvgIpc) is 2.45. The molecule has 0 fully saturated rings. The Hall–Kier alpha value is -2.15. The summed E-state index contributed by atoms with van der Waals surface area (Å²) < 4.78 is 13.0. The molecule has 0 atom stereocenters. The van der Waals surface area contributed by atoms with E-state index in [1.165, 1.54) is 6.07 Å². The molecule has 3 N–H and O–H groups in total. The smallest absolute Gasteiger partial charge is 0.337 e. The minimum absolute atomic E-state index is 0.0595. The molecule has 1 rings (SSSR count). The molecular formula is C14H20FN3O3. The van der Waals surface area contributed by atoms with Gasteiger partial charge in [-0.3, -0.25) is 0 Å². The van der Waals surface area contributed by atoms with Gasteiger partial charge in [0.05, 0.1) is 11.3 Å². The first-order valence-electron chi connectivity index (χ1n) is 6.78. The fourth-order valence-electron chi connectivity index (χ4n) is 1.84. The molecule has 1 aromatic rings. The van der Waals surface area contributed by atoms with Crippen molar-refractivity contribution >= 4 is 17.7 Å². The van der Waals surface area contributed by atoms with E-state index in [1.807, 2.05) is 13.8 Å². The first-order chi connectivity index (χ1) is 9.97. The van der Waals surface area contributed by atoms with Crippen LogP contribution in [0.3, 0.4) is 0 Å². The molecule has 0 unspecified atom stereocenters. The maximum atomic E-state index is 13.0. The summed E-state index contributed by atoms with van der Waals surface area (Å²) >= 11 is 0. The van der Waals surface area contributed by atoms with Crippen LogP contribution in [0.5, 0.6) is 0 Å². The van der Waals surface area contributed by atoms with Gasteiger partial charge in [0.15, 0.2) is 0 Å². The Bertz CT molecular complexity index is 504. The normalized spacial score (nSPS) is 10.5. The molecule has 2 amide bonds. The van der Waals surface area contributed by atoms with Gasteiger partial charge in [-0.2, -0.15) is 0 Å². The molecule has 7 heteroatoms. The molecule has 0 aliphatic carbocycles. The van der Waals surface area contributed by atoms with E-state index in [-0.39, 0.29) is 11.3 Å². The van der Waals surface area contributed by atoms with Crippen LogP contribution in [0.15, 0.2) is 18.2 Å². The fraction of sp³-hybridized carbons (Fsp3) is 0.429. The Labute approximate surface area is 122 Å². The maximum absolute atomic E-state index is 13.0. The number of rotatable bonds is 7. The van der Waals surface area contributed by atoms with Gasteiger partial charge < -0.3 is 20.6 Å². The fourth-order valence-corrected chi connectivity index (χ4v) is 1.84. The molecule has 1 aromatic carbocycles. The molecule has 0 aliphatic heterocycles. The molecule has 0 aromatic heterocycles. The second kappa shape index (κ2) is 8.21. The number of anilines is 1. The monoisotopic (exact) mass is 297 g/mol. The number of hydrogen-bond acceptors (Lipinski definition) is 3. The SMILES string of the molecule is CCN(CC)CCNC(=O)Nc1ccc(F)cc1C(=O)O. The van der Waals surface area contributed by atoms with Crippen molar-refractivity contribution in [2.24, 2.45) is 0 Å². The molecule has 0 heterocycles. The molecular weight excluding hydrogens is 277 g/mol. The van der Waals surface area contributed by atoms with Gasteiger partial charge in [-0.05, 0) is 31.3 Å². The molecule has 0 spiro atoms. The molecule has 0 saturated heterocycles. The highest BCUT2D eigenvalue weighted by Gasteiger charge is 2.13. The Balaban J connectivity index is 2.57. The first kappa shape index (κ1) is 16.9. The summed E-state index contributed by atoms with van der Waals surface area (Å²) in [4.78, 5) is 24.8. The number of urea groups is 1. The zero-order valence-corrected chi connectivity index (χ0v) is 12.1. The first-order valence-corrected chi connectivity index (χ1v) is 6.78. The van der Waals surface area contributed by atoms with Crippen LogP contribution in [0.1, 0.15) is 24.2 Å². The Morgan fingerprint density at radius 1 is 1.29 bits per heavy atom. The molecule has 21 heavy (non-hydrogen) atoms. The molecule has 0 bridgehead atoms. The van der Waals surface area contributed by atoms with E-state index in [4.69, 9.17) is 5.11 Å². The van der Waals surface area contributed by atoms with Crippen LogP contribution in [0.25, 0.3) is 0 Å². The summed E-state index contributed by atoms with van der Waals surface area (Å²) in [6.45, 7) is 6.98. The molecule has 0 radical (unpaired) electrons. The number of carboxylic acids is 1. The molecule has 0 aliphatic rings. The van der Waals surface area contributed by atoms with E-state index in [1.54, 1.807) is 0 Å². The van der Waals surface area contributed by atoms with Crippen molar-refractivity contribution in [1.29, 1.82) is 0 Å². The molecule has 116 valence electrons. The second-order valence-corrected chi connectivity index (χ2v) is 4.40. The van der Waals surface area contributed by atoms with Gasteiger partial charge in [0.2, 0.25) is 0 Å². The highest BCUT2D eigenvalue weighted by Crippen LogP contribution is 2.16. The molecule has 0 saturated carbocycles. The minimum Gasteiger partial charge on any atom is -0.478 e. The van der Waals surface area contributed by atoms with E-state index in [2.05, 4.69) is 15.5 Å². The van der Waals surface area contributed by atoms with Crippen molar-refractivity contribution in [3.63, 3.8) is 0 Å². The van der Waals surface area contributed by atoms with Crippen LogP contribution < -0.4 is 10.6 Å². The molecule has 6 nitrogen and oxygen atoms in total. The van der Waals surface area contributed by atoms with Gasteiger partial charge in [-0.25, -0.2) is 14.0 Å². The topological polar surface area (TPSA) is 81.7 Å². The Morgan fingerprint density at radius 2 is 1.95 bits per heavy atom. The van der Waals surface area contributed by atoms with Crippen LogP contribution in [0, 0.1) is 5.82 Å². The standard InChI is InChI=1S/C14H20FN3O3/c1-3-18(4-2)8-7-16-14(21)17-12-6-5-10(15)9-11(12)13(19)20/h5-6,9H,3-4,7-8H2,1-2H3,(H,19,20)(H2,16,17,21). The lowest BCUT2D eigenvalue weighted by Crippen LogP contribution is -2.37. The van der Waals surface area contributed by atoms with Crippen LogP contribution in [-0.4, -0.2) is 48.2 Å². The van der Waals surface area contributed by atoms with E-state index in [9.17, 15) is 14.0 Å². The summed E-state index contributed by atoms with van der Waals surface area (Å²) in [6.07, 6.45) is 0. The predicted molar refractivity (Wildman–Crippen MR) is 78.2 cm³/mol. The van der Waals surface area contributed by atoms with Crippen LogP contribution in [0.2, 0.25) is 0 Å². The lowest BCUT2D eigenvalue weighted by molar-refractivity contribution is 0.0697. The Kier molecular flexibility index (Phi) is 6.61. The number of amides is 2. The minimum atomic E-state index is -1.30. The van der Waals surface area contributed by atoms with Gasteiger partial charge in [0.1, 0.15) is 5.82 Å². The second-order valence-electron chi connectivity index (χ2n) is 4.40. The van der Waals surface area contributed by atoms with Crippen molar-refractivity contribution < 1.29 is 19.1 Å². The zero-order valence-electron chi connectivity index (χ0n) is 12.1. The predicted octanol–water partition coefficient (Wildman–Crippen LogP) is 1.99. The largest absolute Gasteiger partial charge is 0.478 e. The highest BCUT2D eigenvalue weighted by atomic mass is 19.1. The number of benzene rings is 1. The number of aromatic carboxylic acids is 1. The average molecular weight is 297 g/mol. The van der Waals surface area contributed by atoms with Crippen LogP contribution >= 0.6 is 0 Å². The van der Waals surface area contributed by atoms with Crippen LogP contribution in [0.4, 0.5) is 14.9 Å². The van der Waals surface area contributed by atoms with Crippen molar-refractivity contribution in [2.75, 3.05) is 31.5 Å². The summed E-state index contributed by atoms with van der Waals surface area (Å²) in [5.74, 6) is -1.96. The Morgan fingerprint density at radius 3 is 2.52 bits per heavy atom. The number of likely N-dealkylation sites (N-methyl/N-ethyl adjacent to an activating group) is 1. The van der Waals surface area contributed by atoms with Crippen molar-refractivity contribution in [2.45, 2.75) is 13.8 Å². The number of carbonyl (C=O) groups is 2. The highest BCUT2D eigenvalue weighted by molar-refractivity contribution is 5.99. The zero-order chi connectivity index (χ0) is 15.8. The summed E-state index contributed by atoms with van der Waals surface area (Å²) in [7, 11) is 0. The van der Waals surface area contributed by atoms with Crippen LogP contribution in [-0.2, 0) is 0 Å². The van der Waals surface area contributed by atoms with Gasteiger partial charge in [-0.15, -0.1) is 0 Å². The van der Waals surface area contributed by atoms with Crippen molar-refractivity contribution in [3.8, 4) is 0 Å². The number of carbonyl (C=O) groups excluding carboxylic acids is 1. The van der Waals surface area contributed by atoms with Gasteiger partial charge in [-0.1, -0.05) is 13.8 Å². The van der Waals surface area contributed by atoms with E-state index >= 15 is 0 Å². The van der Waals surface area contributed by atoms with Gasteiger partial charge >= 0.3 is 12.0 Å². The van der Waals surface area contributed by atoms with E-state index in [0.717, 1.165) is 25.2 Å². The van der Waals surface area contributed by atoms with Gasteiger partial charge in [0, 0.05) is 13.1 Å². The lowest BCUT2D eigenvalue weighted by atomic mass is 10.2. The summed E-state index contributed by atoms with van der Waals surface area (Å²) in [5, 5.41) is 14.0. The summed E-state index contributed by atoms with van der Waals surface area (Å²) in [5.41, 5.74) is -0.224. The van der Waals surface area contributed by atoms with E-state index in [0.29, 0.717) is 13.1 Å². The maximum Gasteiger partial charge on any atom is 0.337 e. The number of halogens is 1. The third kappa shape index (κ3) is 5.39. The quantitative estimate of drug-likeness (QED) is 0.719. The number of carboxylic acid groups (broad SMARTS) is 1. The number of hydrogen-bond donors (Lipinski definition) is 3. The lowest BCUT2D eigenvalue weighted by Gasteiger charge is -2.18. The number of nitrogens with one attached hydrogen (secondary N) is 2. The third-order valence-corrected chi connectivity index (χ3v) is 3.07. The third-order valence-electron chi connectivity index (χ3n) is 3.07.